The summed E-state index contributed by atoms with van der Waals surface area (Å²) in [6, 6.07) is 4.68. The number of amides is 1. The number of morpholine rings is 1. The van der Waals surface area contributed by atoms with Gasteiger partial charge in [0.05, 0.1) is 26.2 Å². The van der Waals surface area contributed by atoms with Gasteiger partial charge >= 0.3 is 0 Å². The second kappa shape index (κ2) is 7.69. The van der Waals surface area contributed by atoms with Crippen LogP contribution in [-0.2, 0) is 19.6 Å². The first kappa shape index (κ1) is 18.1. The number of carbonyl (C=O) groups is 1. The van der Waals surface area contributed by atoms with Gasteiger partial charge in [0.2, 0.25) is 15.9 Å². The summed E-state index contributed by atoms with van der Waals surface area (Å²) < 4.78 is 37.7. The summed E-state index contributed by atoms with van der Waals surface area (Å²) in [5, 5.41) is 5.95. The number of nitrogens with zero attached hydrogens (tertiary/aromatic N) is 1. The van der Waals surface area contributed by atoms with E-state index >= 15 is 0 Å². The summed E-state index contributed by atoms with van der Waals surface area (Å²) in [6.07, 6.45) is 0.779. The molecule has 1 unspecified atom stereocenters. The first-order valence-corrected chi connectivity index (χ1v) is 9.74. The highest BCUT2D eigenvalue weighted by molar-refractivity contribution is 7.89. The summed E-state index contributed by atoms with van der Waals surface area (Å²) in [5.41, 5.74) is 0.449. The van der Waals surface area contributed by atoms with Crippen LogP contribution in [0.4, 0.5) is 5.69 Å². The maximum atomic E-state index is 12.9. The van der Waals surface area contributed by atoms with Crippen LogP contribution in [0.3, 0.4) is 0 Å². The molecule has 138 valence electrons. The average molecular weight is 369 g/mol. The average Bonchev–Trinajstić information content (AvgIpc) is 3.17. The standard InChI is InChI=1S/C16H23N3O5S/c1-23-14-3-2-13(18-16(20)12-4-5-17-11-12)10-15(14)25(21,22)19-6-8-24-9-7-19/h2-3,10,12,17H,4-9,11H2,1H3,(H,18,20). The molecule has 0 aliphatic carbocycles. The molecule has 2 fully saturated rings. The van der Waals surface area contributed by atoms with Crippen molar-refractivity contribution in [1.29, 1.82) is 0 Å². The van der Waals surface area contributed by atoms with E-state index in [1.807, 2.05) is 0 Å². The number of sulfonamides is 1. The molecule has 2 heterocycles. The second-order valence-corrected chi connectivity index (χ2v) is 7.97. The molecule has 0 spiro atoms. The van der Waals surface area contributed by atoms with E-state index in [4.69, 9.17) is 9.47 Å². The molecule has 3 rings (SSSR count). The van der Waals surface area contributed by atoms with E-state index in [2.05, 4.69) is 10.6 Å². The number of hydrogen-bond donors (Lipinski definition) is 2. The van der Waals surface area contributed by atoms with Gasteiger partial charge in [0, 0.05) is 25.3 Å². The minimum absolute atomic E-state index is 0.0549. The lowest BCUT2D eigenvalue weighted by atomic mass is 10.1. The molecule has 0 radical (unpaired) electrons. The Morgan fingerprint density at radius 2 is 2.12 bits per heavy atom. The molecule has 0 saturated carbocycles. The third-order valence-corrected chi connectivity index (χ3v) is 6.37. The van der Waals surface area contributed by atoms with Crippen molar-refractivity contribution < 1.29 is 22.7 Å². The van der Waals surface area contributed by atoms with Crippen LogP contribution in [0, 0.1) is 5.92 Å². The van der Waals surface area contributed by atoms with Gasteiger partial charge in [0.15, 0.2) is 0 Å². The highest BCUT2D eigenvalue weighted by atomic mass is 32.2. The molecule has 1 aromatic rings. The summed E-state index contributed by atoms with van der Waals surface area (Å²) >= 11 is 0. The van der Waals surface area contributed by atoms with E-state index in [0.29, 0.717) is 38.5 Å². The molecule has 8 nitrogen and oxygen atoms in total. The third-order valence-electron chi connectivity index (χ3n) is 4.45. The zero-order valence-corrected chi connectivity index (χ0v) is 15.0. The Morgan fingerprint density at radius 1 is 1.36 bits per heavy atom. The van der Waals surface area contributed by atoms with E-state index < -0.39 is 10.0 Å². The predicted molar refractivity (Wildman–Crippen MR) is 92.2 cm³/mol. The van der Waals surface area contributed by atoms with Crippen molar-refractivity contribution in [2.45, 2.75) is 11.3 Å². The normalized spacial score (nSPS) is 21.9. The van der Waals surface area contributed by atoms with Gasteiger partial charge in [-0.3, -0.25) is 4.79 Å². The van der Waals surface area contributed by atoms with Crippen molar-refractivity contribution in [2.24, 2.45) is 5.92 Å². The molecule has 0 bridgehead atoms. The molecule has 2 aliphatic heterocycles. The molecule has 25 heavy (non-hydrogen) atoms. The predicted octanol–water partition coefficient (Wildman–Crippen LogP) is 0.264. The highest BCUT2D eigenvalue weighted by Crippen LogP contribution is 2.30. The molecule has 1 amide bonds. The first-order valence-electron chi connectivity index (χ1n) is 8.30. The van der Waals surface area contributed by atoms with Crippen molar-refractivity contribution in [3.8, 4) is 5.75 Å². The SMILES string of the molecule is COc1ccc(NC(=O)C2CCNC2)cc1S(=O)(=O)N1CCOCC1. The van der Waals surface area contributed by atoms with Gasteiger partial charge in [-0.25, -0.2) is 8.42 Å². The van der Waals surface area contributed by atoms with Crippen LogP contribution < -0.4 is 15.4 Å². The fraction of sp³-hybridized carbons (Fsp3) is 0.562. The number of ether oxygens (including phenoxy) is 2. The van der Waals surface area contributed by atoms with Gasteiger partial charge in [-0.2, -0.15) is 4.31 Å². The topological polar surface area (TPSA) is 97.0 Å². The second-order valence-electron chi connectivity index (χ2n) is 6.06. The van der Waals surface area contributed by atoms with Crippen molar-refractivity contribution in [3.05, 3.63) is 18.2 Å². The molecular formula is C16H23N3O5S. The largest absolute Gasteiger partial charge is 0.495 e. The van der Waals surface area contributed by atoms with Crippen molar-refractivity contribution in [1.82, 2.24) is 9.62 Å². The van der Waals surface area contributed by atoms with Crippen LogP contribution in [-0.4, -0.2) is 65.1 Å². The quantitative estimate of drug-likeness (QED) is 0.773. The lowest BCUT2D eigenvalue weighted by Crippen LogP contribution is -2.40. The van der Waals surface area contributed by atoms with E-state index in [-0.39, 0.29) is 22.5 Å². The molecule has 1 aromatic carbocycles. The minimum Gasteiger partial charge on any atom is -0.495 e. The fourth-order valence-electron chi connectivity index (χ4n) is 3.00. The van der Waals surface area contributed by atoms with Crippen molar-refractivity contribution >= 4 is 21.6 Å². The Hall–Kier alpha value is -1.68. The van der Waals surface area contributed by atoms with Crippen LogP contribution in [0.25, 0.3) is 0 Å². The van der Waals surface area contributed by atoms with Crippen LogP contribution in [0.1, 0.15) is 6.42 Å². The van der Waals surface area contributed by atoms with E-state index in [1.54, 1.807) is 12.1 Å². The summed E-state index contributed by atoms with van der Waals surface area (Å²) in [4.78, 5) is 12.3. The molecule has 2 N–H and O–H groups in total. The molecule has 2 aliphatic rings. The van der Waals surface area contributed by atoms with Gasteiger partial charge in [0.1, 0.15) is 10.6 Å². The van der Waals surface area contributed by atoms with Crippen LogP contribution in [0.15, 0.2) is 23.1 Å². The Morgan fingerprint density at radius 3 is 2.76 bits per heavy atom. The lowest BCUT2D eigenvalue weighted by Gasteiger charge is -2.27. The third kappa shape index (κ3) is 3.95. The van der Waals surface area contributed by atoms with Gasteiger partial charge in [0.25, 0.3) is 0 Å². The monoisotopic (exact) mass is 369 g/mol. The molecule has 1 atom stereocenters. The fourth-order valence-corrected chi connectivity index (χ4v) is 4.59. The number of nitrogens with one attached hydrogen (secondary N) is 2. The van der Waals surface area contributed by atoms with Crippen molar-refractivity contribution in [3.63, 3.8) is 0 Å². The number of anilines is 1. The zero-order chi connectivity index (χ0) is 17.9. The Kier molecular flexibility index (Phi) is 5.57. The highest BCUT2D eigenvalue weighted by Gasteiger charge is 2.30. The van der Waals surface area contributed by atoms with Gasteiger partial charge in [-0.15, -0.1) is 0 Å². The van der Waals surface area contributed by atoms with Gasteiger partial charge in [-0.05, 0) is 31.2 Å². The Bertz CT molecular complexity index is 725. The number of rotatable bonds is 5. The van der Waals surface area contributed by atoms with E-state index in [9.17, 15) is 13.2 Å². The lowest BCUT2D eigenvalue weighted by molar-refractivity contribution is -0.119. The number of methoxy groups -OCH3 is 1. The first-order chi connectivity index (χ1) is 12.0. The van der Waals surface area contributed by atoms with E-state index in [0.717, 1.165) is 13.0 Å². The van der Waals surface area contributed by atoms with Gasteiger partial charge < -0.3 is 20.1 Å². The molecule has 0 aromatic heterocycles. The smallest absolute Gasteiger partial charge is 0.246 e. The molecular weight excluding hydrogens is 346 g/mol. The summed E-state index contributed by atoms with van der Waals surface area (Å²) in [5.74, 6) is 0.0540. The Labute approximate surface area is 147 Å². The number of carbonyl (C=O) groups excluding carboxylic acids is 1. The zero-order valence-electron chi connectivity index (χ0n) is 14.2. The Balaban J connectivity index is 1.85. The van der Waals surface area contributed by atoms with E-state index in [1.165, 1.54) is 17.5 Å². The minimum atomic E-state index is -3.72. The van der Waals surface area contributed by atoms with Crippen molar-refractivity contribution in [2.75, 3.05) is 51.8 Å². The van der Waals surface area contributed by atoms with Crippen LogP contribution in [0.2, 0.25) is 0 Å². The molecule has 9 heteroatoms. The maximum absolute atomic E-state index is 12.9. The summed E-state index contributed by atoms with van der Waals surface area (Å²) in [7, 11) is -2.29. The number of benzene rings is 1. The van der Waals surface area contributed by atoms with Crippen LogP contribution >= 0.6 is 0 Å². The van der Waals surface area contributed by atoms with Gasteiger partial charge in [-0.1, -0.05) is 0 Å². The summed E-state index contributed by atoms with van der Waals surface area (Å²) in [6.45, 7) is 2.79. The number of hydrogen-bond acceptors (Lipinski definition) is 6. The maximum Gasteiger partial charge on any atom is 0.246 e. The van der Waals surface area contributed by atoms with Crippen LogP contribution in [0.5, 0.6) is 5.75 Å². The molecule has 2 saturated heterocycles.